The first-order valence-corrected chi connectivity index (χ1v) is 11.8. The summed E-state index contributed by atoms with van der Waals surface area (Å²) in [6, 6.07) is 21.9. The molecule has 0 saturated heterocycles. The van der Waals surface area contributed by atoms with E-state index in [0.29, 0.717) is 17.1 Å². The summed E-state index contributed by atoms with van der Waals surface area (Å²) in [6.07, 6.45) is 0. The topological polar surface area (TPSA) is 85.2 Å². The van der Waals surface area contributed by atoms with Crippen LogP contribution in [0.5, 0.6) is 5.75 Å². The summed E-state index contributed by atoms with van der Waals surface area (Å²) in [5.74, 6) is 0.108. The molecule has 1 aromatic heterocycles. The Morgan fingerprint density at radius 2 is 1.67 bits per heavy atom. The molecule has 0 bridgehead atoms. The third kappa shape index (κ3) is 4.13. The van der Waals surface area contributed by atoms with E-state index in [0.717, 1.165) is 33.6 Å². The number of nitrogens with one attached hydrogen (secondary N) is 2. The van der Waals surface area contributed by atoms with Crippen LogP contribution in [-0.4, -0.2) is 34.7 Å². The molecule has 2 N–H and O–H groups in total. The van der Waals surface area contributed by atoms with Crippen molar-refractivity contribution in [1.82, 2.24) is 15.1 Å². The second-order valence-electron chi connectivity index (χ2n) is 9.12. The molecule has 0 saturated carbocycles. The average Bonchev–Trinajstić information content (AvgIpc) is 3.20. The number of fused-ring (bicyclic) bond motifs is 1. The van der Waals surface area contributed by atoms with Crippen LogP contribution in [0.4, 0.5) is 5.82 Å². The molecule has 36 heavy (non-hydrogen) atoms. The standard InChI is InChI=1S/C29H28N4O3/c1-17-10-13-21(14-11-17)33-27-24(19(3)32-33)25(22-16-18(2)12-15-23(22)36-4)26(29(35)31-27)30-28(34)20-8-6-5-7-9-20/h5-16,25-26H,1-4H3,(H,30,34)(H,31,35)/t25-,26+/m0/s1. The van der Waals surface area contributed by atoms with Gasteiger partial charge < -0.3 is 15.4 Å². The van der Waals surface area contributed by atoms with Crippen molar-refractivity contribution in [1.29, 1.82) is 0 Å². The molecule has 0 radical (unpaired) electrons. The second kappa shape index (κ2) is 9.34. The van der Waals surface area contributed by atoms with E-state index in [-0.39, 0.29) is 11.8 Å². The Kier molecular flexibility index (Phi) is 6.06. The molecule has 4 aromatic rings. The number of rotatable bonds is 5. The van der Waals surface area contributed by atoms with Gasteiger partial charge in [-0.25, -0.2) is 4.68 Å². The van der Waals surface area contributed by atoms with Crippen molar-refractivity contribution >= 4 is 17.6 Å². The molecule has 7 heteroatoms. The van der Waals surface area contributed by atoms with E-state index in [1.165, 1.54) is 0 Å². The Morgan fingerprint density at radius 3 is 2.36 bits per heavy atom. The zero-order valence-electron chi connectivity index (χ0n) is 20.7. The molecule has 7 nitrogen and oxygen atoms in total. The minimum atomic E-state index is -0.865. The van der Waals surface area contributed by atoms with E-state index in [9.17, 15) is 9.59 Å². The van der Waals surface area contributed by atoms with Gasteiger partial charge in [0.1, 0.15) is 17.6 Å². The first-order chi connectivity index (χ1) is 17.4. The lowest BCUT2D eigenvalue weighted by Gasteiger charge is -2.33. The first kappa shape index (κ1) is 23.4. The van der Waals surface area contributed by atoms with Gasteiger partial charge in [0.2, 0.25) is 5.91 Å². The number of aryl methyl sites for hydroxylation is 3. The highest BCUT2D eigenvalue weighted by Crippen LogP contribution is 2.43. The van der Waals surface area contributed by atoms with Crippen molar-refractivity contribution in [2.75, 3.05) is 12.4 Å². The Bertz CT molecular complexity index is 1440. The number of hydrogen-bond donors (Lipinski definition) is 2. The summed E-state index contributed by atoms with van der Waals surface area (Å²) in [6.45, 7) is 5.94. The van der Waals surface area contributed by atoms with Crippen molar-refractivity contribution in [2.45, 2.75) is 32.7 Å². The summed E-state index contributed by atoms with van der Waals surface area (Å²) < 4.78 is 7.47. The van der Waals surface area contributed by atoms with Gasteiger partial charge in [0.25, 0.3) is 5.91 Å². The Labute approximate surface area is 210 Å². The van der Waals surface area contributed by atoms with Crippen molar-refractivity contribution in [3.05, 3.63) is 106 Å². The van der Waals surface area contributed by atoms with Crippen molar-refractivity contribution < 1.29 is 14.3 Å². The van der Waals surface area contributed by atoms with Gasteiger partial charge in [-0.2, -0.15) is 5.10 Å². The minimum absolute atomic E-state index is 0.311. The molecule has 2 amide bonds. The molecule has 0 spiro atoms. The fraction of sp³-hybridized carbons (Fsp3) is 0.207. The maximum Gasteiger partial charge on any atom is 0.251 e. The number of anilines is 1. The second-order valence-corrected chi connectivity index (χ2v) is 9.12. The summed E-state index contributed by atoms with van der Waals surface area (Å²) in [5.41, 5.74) is 5.90. The fourth-order valence-electron chi connectivity index (χ4n) is 4.81. The monoisotopic (exact) mass is 480 g/mol. The Hall–Kier alpha value is -4.39. The fourth-order valence-corrected chi connectivity index (χ4v) is 4.81. The third-order valence-corrected chi connectivity index (χ3v) is 6.60. The summed E-state index contributed by atoms with van der Waals surface area (Å²) in [5, 5.41) is 10.8. The van der Waals surface area contributed by atoms with Crippen molar-refractivity contribution in [2.24, 2.45) is 0 Å². The average molecular weight is 481 g/mol. The number of nitrogens with zero attached hydrogens (tertiary/aromatic N) is 2. The number of amides is 2. The number of carbonyl (C=O) groups is 2. The summed E-state index contributed by atoms with van der Waals surface area (Å²) in [7, 11) is 1.61. The van der Waals surface area contributed by atoms with Crippen LogP contribution in [0.25, 0.3) is 5.69 Å². The molecule has 182 valence electrons. The Morgan fingerprint density at radius 1 is 0.972 bits per heavy atom. The molecule has 2 heterocycles. The van der Waals surface area contributed by atoms with Crippen LogP contribution in [0.3, 0.4) is 0 Å². The molecule has 1 aliphatic rings. The van der Waals surface area contributed by atoms with Gasteiger partial charge in [-0.1, -0.05) is 53.6 Å². The first-order valence-electron chi connectivity index (χ1n) is 11.8. The van der Waals surface area contributed by atoms with E-state index in [4.69, 9.17) is 9.84 Å². The lowest BCUT2D eigenvalue weighted by Crippen LogP contribution is -2.50. The molecule has 0 aliphatic carbocycles. The highest BCUT2D eigenvalue weighted by Gasteiger charge is 2.43. The van der Waals surface area contributed by atoms with Crippen LogP contribution >= 0.6 is 0 Å². The molecule has 1 aliphatic heterocycles. The van der Waals surface area contributed by atoms with Gasteiger partial charge in [-0.15, -0.1) is 0 Å². The zero-order chi connectivity index (χ0) is 25.4. The zero-order valence-corrected chi connectivity index (χ0v) is 20.7. The number of ether oxygens (including phenoxy) is 1. The SMILES string of the molecule is COc1ccc(C)cc1[C@H]1c2c(C)nn(-c3ccc(C)cc3)c2NC(=O)[C@@H]1NC(=O)c1ccccc1. The number of methoxy groups -OCH3 is 1. The largest absolute Gasteiger partial charge is 0.496 e. The molecular weight excluding hydrogens is 452 g/mol. The predicted molar refractivity (Wildman–Crippen MR) is 139 cm³/mol. The van der Waals surface area contributed by atoms with Crippen LogP contribution in [0.2, 0.25) is 0 Å². The van der Waals surface area contributed by atoms with E-state index in [2.05, 4.69) is 10.6 Å². The van der Waals surface area contributed by atoms with Crippen LogP contribution < -0.4 is 15.4 Å². The van der Waals surface area contributed by atoms with Gasteiger partial charge in [0, 0.05) is 22.6 Å². The van der Waals surface area contributed by atoms with Gasteiger partial charge in [0.15, 0.2) is 0 Å². The van der Waals surface area contributed by atoms with Gasteiger partial charge in [0.05, 0.1) is 18.5 Å². The van der Waals surface area contributed by atoms with E-state index < -0.39 is 12.0 Å². The highest BCUT2D eigenvalue weighted by molar-refractivity contribution is 6.04. The number of carbonyl (C=O) groups excluding carboxylic acids is 2. The van der Waals surface area contributed by atoms with E-state index in [1.54, 1.807) is 36.1 Å². The predicted octanol–water partition coefficient (Wildman–Crippen LogP) is 4.69. The molecule has 3 aromatic carbocycles. The van der Waals surface area contributed by atoms with Gasteiger partial charge >= 0.3 is 0 Å². The maximum atomic E-state index is 13.6. The minimum Gasteiger partial charge on any atom is -0.496 e. The molecule has 0 unspecified atom stereocenters. The third-order valence-electron chi connectivity index (χ3n) is 6.60. The van der Waals surface area contributed by atoms with E-state index >= 15 is 0 Å². The summed E-state index contributed by atoms with van der Waals surface area (Å²) in [4.78, 5) is 26.8. The number of aromatic nitrogens is 2. The van der Waals surface area contributed by atoms with Crippen molar-refractivity contribution in [3.8, 4) is 11.4 Å². The molecule has 5 rings (SSSR count). The number of hydrogen-bond acceptors (Lipinski definition) is 4. The van der Waals surface area contributed by atoms with Gasteiger partial charge in [-0.05, 0) is 51.1 Å². The van der Waals surface area contributed by atoms with Crippen LogP contribution in [0.1, 0.15) is 44.2 Å². The number of benzene rings is 3. The highest BCUT2D eigenvalue weighted by atomic mass is 16.5. The quantitative estimate of drug-likeness (QED) is 0.434. The van der Waals surface area contributed by atoms with E-state index in [1.807, 2.05) is 69.3 Å². The summed E-state index contributed by atoms with van der Waals surface area (Å²) >= 11 is 0. The Balaban J connectivity index is 1.68. The lowest BCUT2D eigenvalue weighted by atomic mass is 9.81. The molecule has 0 fully saturated rings. The normalized spacial score (nSPS) is 16.7. The van der Waals surface area contributed by atoms with Crippen LogP contribution in [-0.2, 0) is 4.79 Å². The van der Waals surface area contributed by atoms with Crippen molar-refractivity contribution in [3.63, 3.8) is 0 Å². The lowest BCUT2D eigenvalue weighted by molar-refractivity contribution is -0.118. The smallest absolute Gasteiger partial charge is 0.251 e. The maximum absolute atomic E-state index is 13.6. The van der Waals surface area contributed by atoms with Gasteiger partial charge in [-0.3, -0.25) is 9.59 Å². The van der Waals surface area contributed by atoms with Crippen LogP contribution in [0.15, 0.2) is 72.8 Å². The van der Waals surface area contributed by atoms with Crippen LogP contribution in [0, 0.1) is 20.8 Å². The molecular formula is C29H28N4O3. The molecule has 2 atom stereocenters.